The lowest BCUT2D eigenvalue weighted by atomic mass is 10.3. The Kier molecular flexibility index (Phi) is 3.27. The summed E-state index contributed by atoms with van der Waals surface area (Å²) in [5.41, 5.74) is -0.860. The van der Waals surface area contributed by atoms with Crippen LogP contribution in [-0.2, 0) is 16.1 Å². The monoisotopic (exact) mass is 266 g/mol. The van der Waals surface area contributed by atoms with Crippen molar-refractivity contribution < 1.29 is 19.1 Å². The third-order valence-corrected chi connectivity index (χ3v) is 2.26. The molecule has 0 aliphatic rings. The molecule has 2 rings (SSSR count). The number of aldehydes is 1. The maximum atomic E-state index is 11.9. The topological polar surface area (TPSA) is 116 Å². The molecule has 1 N–H and O–H groups in total. The molecule has 2 aromatic rings. The second-order valence-electron chi connectivity index (χ2n) is 3.54. The van der Waals surface area contributed by atoms with Gasteiger partial charge in [-0.15, -0.1) is 0 Å². The summed E-state index contributed by atoms with van der Waals surface area (Å²) < 4.78 is 10.5. The van der Waals surface area contributed by atoms with E-state index in [0.717, 1.165) is 4.52 Å². The van der Waals surface area contributed by atoms with Crippen LogP contribution in [0.25, 0.3) is 5.78 Å². The minimum Gasteiger partial charge on any atom is -0.480 e. The lowest BCUT2D eigenvalue weighted by Crippen LogP contribution is -2.21. The van der Waals surface area contributed by atoms with E-state index in [9.17, 15) is 14.4 Å². The summed E-state index contributed by atoms with van der Waals surface area (Å²) >= 11 is 0. The van der Waals surface area contributed by atoms with Crippen LogP contribution in [0.1, 0.15) is 23.1 Å². The first-order valence-corrected chi connectivity index (χ1v) is 5.21. The van der Waals surface area contributed by atoms with Crippen LogP contribution in [0, 0.1) is 0 Å². The Morgan fingerprint density at radius 2 is 2.21 bits per heavy atom. The molecule has 2 aromatic heterocycles. The van der Waals surface area contributed by atoms with Gasteiger partial charge in [-0.1, -0.05) is 0 Å². The van der Waals surface area contributed by atoms with Crippen LogP contribution in [0.15, 0.2) is 4.79 Å². The van der Waals surface area contributed by atoms with E-state index < -0.39 is 11.5 Å². The summed E-state index contributed by atoms with van der Waals surface area (Å²) in [6.07, 6.45) is 0.354. The molecule has 0 saturated carbocycles. The number of carbonyl (C=O) groups excluding carboxylic acids is 2. The molecule has 9 nitrogen and oxygen atoms in total. The Bertz CT molecular complexity index is 702. The Morgan fingerprint density at radius 3 is 2.79 bits per heavy atom. The Labute approximate surface area is 106 Å². The third-order valence-electron chi connectivity index (χ3n) is 2.26. The first-order valence-electron chi connectivity index (χ1n) is 5.21. The number of nitrogens with zero attached hydrogens (tertiary/aromatic N) is 3. The molecule has 0 aliphatic carbocycles. The lowest BCUT2D eigenvalue weighted by Gasteiger charge is -2.00. The predicted octanol–water partition coefficient (Wildman–Crippen LogP) is -0.698. The van der Waals surface area contributed by atoms with Crippen LogP contribution >= 0.6 is 0 Å². The smallest absolute Gasteiger partial charge is 0.303 e. The molecule has 0 spiro atoms. The fraction of sp³-hybridized carbons (Fsp3) is 0.300. The van der Waals surface area contributed by atoms with Gasteiger partial charge in [0, 0.05) is 6.92 Å². The molecule has 0 amide bonds. The third kappa shape index (κ3) is 2.30. The van der Waals surface area contributed by atoms with E-state index >= 15 is 0 Å². The van der Waals surface area contributed by atoms with Gasteiger partial charge in [0.15, 0.2) is 18.7 Å². The molecule has 9 heteroatoms. The molecule has 0 saturated heterocycles. The fourth-order valence-corrected chi connectivity index (χ4v) is 1.45. The van der Waals surface area contributed by atoms with Crippen molar-refractivity contribution in [3.05, 3.63) is 21.7 Å². The van der Waals surface area contributed by atoms with Gasteiger partial charge in [0.2, 0.25) is 5.88 Å². The average Bonchev–Trinajstić information content (AvgIpc) is 2.79. The van der Waals surface area contributed by atoms with Gasteiger partial charge in [0.05, 0.1) is 7.11 Å². The van der Waals surface area contributed by atoms with Gasteiger partial charge < -0.3 is 9.47 Å². The average molecular weight is 266 g/mol. The molecule has 0 radical (unpaired) electrons. The number of rotatable bonds is 4. The number of aromatic nitrogens is 4. The minimum absolute atomic E-state index is 0.0228. The Morgan fingerprint density at radius 1 is 1.47 bits per heavy atom. The highest BCUT2D eigenvalue weighted by Crippen LogP contribution is 2.09. The molecule has 100 valence electrons. The molecule has 2 heterocycles. The van der Waals surface area contributed by atoms with E-state index in [1.807, 2.05) is 0 Å². The van der Waals surface area contributed by atoms with Crippen molar-refractivity contribution in [2.24, 2.45) is 0 Å². The summed E-state index contributed by atoms with van der Waals surface area (Å²) in [7, 11) is 1.29. The largest absolute Gasteiger partial charge is 0.480 e. The number of ether oxygens (including phenoxy) is 2. The first-order chi connectivity index (χ1) is 9.06. The summed E-state index contributed by atoms with van der Waals surface area (Å²) in [6, 6.07) is 0. The van der Waals surface area contributed by atoms with Gasteiger partial charge in [-0.25, -0.2) is 0 Å². The summed E-state index contributed by atoms with van der Waals surface area (Å²) in [4.78, 5) is 41.3. The van der Waals surface area contributed by atoms with Crippen LogP contribution in [0.3, 0.4) is 0 Å². The quantitative estimate of drug-likeness (QED) is 0.574. The first kappa shape index (κ1) is 12.7. The summed E-state index contributed by atoms with van der Waals surface area (Å²) in [6.45, 7) is 1.12. The van der Waals surface area contributed by atoms with Crippen molar-refractivity contribution in [3.8, 4) is 5.88 Å². The SMILES string of the molecule is COc1nc2nc(COC(C)=O)[nH]n2c(=O)c1C=O. The number of carbonyl (C=O) groups is 2. The van der Waals surface area contributed by atoms with Crippen molar-refractivity contribution in [2.45, 2.75) is 13.5 Å². The molecule has 0 fully saturated rings. The fourth-order valence-electron chi connectivity index (χ4n) is 1.45. The minimum atomic E-state index is -0.640. The molecular weight excluding hydrogens is 256 g/mol. The van der Waals surface area contributed by atoms with E-state index in [2.05, 4.69) is 15.1 Å². The van der Waals surface area contributed by atoms with Crippen LogP contribution in [0.2, 0.25) is 0 Å². The molecule has 19 heavy (non-hydrogen) atoms. The standard InChI is InChI=1S/C10H10N4O5/c1-5(16)19-4-7-11-10-12-8(18-2)6(3-15)9(17)14(10)13-7/h3H,4H2,1-2H3,(H,11,12,13). The molecule has 0 atom stereocenters. The maximum Gasteiger partial charge on any atom is 0.303 e. The molecule has 0 aliphatic heterocycles. The molecular formula is C10H10N4O5. The maximum absolute atomic E-state index is 11.9. The van der Waals surface area contributed by atoms with Crippen LogP contribution in [-0.4, -0.2) is 38.9 Å². The van der Waals surface area contributed by atoms with E-state index in [0.29, 0.717) is 6.29 Å². The summed E-state index contributed by atoms with van der Waals surface area (Å²) in [5.74, 6) is -0.336. The van der Waals surface area contributed by atoms with Gasteiger partial charge >= 0.3 is 5.97 Å². The van der Waals surface area contributed by atoms with Gasteiger partial charge in [0.1, 0.15) is 5.56 Å². The van der Waals surface area contributed by atoms with Crippen LogP contribution in [0.4, 0.5) is 0 Å². The number of hydrogen-bond acceptors (Lipinski definition) is 7. The van der Waals surface area contributed by atoms with Crippen molar-refractivity contribution >= 4 is 18.0 Å². The highest BCUT2D eigenvalue weighted by molar-refractivity contribution is 5.78. The van der Waals surface area contributed by atoms with Crippen molar-refractivity contribution in [1.29, 1.82) is 0 Å². The van der Waals surface area contributed by atoms with Crippen molar-refractivity contribution in [3.63, 3.8) is 0 Å². The van der Waals surface area contributed by atoms with Crippen LogP contribution < -0.4 is 10.3 Å². The second kappa shape index (κ2) is 4.88. The van der Waals surface area contributed by atoms with E-state index in [4.69, 9.17) is 9.47 Å². The van der Waals surface area contributed by atoms with Crippen molar-refractivity contribution in [2.75, 3.05) is 7.11 Å². The number of aromatic amines is 1. The van der Waals surface area contributed by atoms with E-state index in [-0.39, 0.29) is 29.7 Å². The van der Waals surface area contributed by atoms with Gasteiger partial charge in [0.25, 0.3) is 11.3 Å². The number of fused-ring (bicyclic) bond motifs is 1. The van der Waals surface area contributed by atoms with Crippen molar-refractivity contribution in [1.82, 2.24) is 19.6 Å². The molecule has 0 bridgehead atoms. The van der Waals surface area contributed by atoms with E-state index in [1.165, 1.54) is 14.0 Å². The number of hydrogen-bond donors (Lipinski definition) is 1. The normalized spacial score (nSPS) is 10.4. The predicted molar refractivity (Wildman–Crippen MR) is 61.0 cm³/mol. The van der Waals surface area contributed by atoms with Gasteiger partial charge in [-0.2, -0.15) is 14.5 Å². The Hall–Kier alpha value is -2.71. The zero-order valence-electron chi connectivity index (χ0n) is 10.2. The lowest BCUT2D eigenvalue weighted by molar-refractivity contribution is -0.142. The zero-order chi connectivity index (χ0) is 14.0. The second-order valence-corrected chi connectivity index (χ2v) is 3.54. The molecule has 0 unspecified atom stereocenters. The van der Waals surface area contributed by atoms with E-state index in [1.54, 1.807) is 0 Å². The molecule has 0 aromatic carbocycles. The highest BCUT2D eigenvalue weighted by Gasteiger charge is 2.15. The van der Waals surface area contributed by atoms with Gasteiger partial charge in [-0.05, 0) is 0 Å². The zero-order valence-corrected chi connectivity index (χ0v) is 10.2. The Balaban J connectivity index is 2.53. The number of nitrogens with one attached hydrogen (secondary N) is 1. The number of esters is 1. The number of methoxy groups -OCH3 is 1. The van der Waals surface area contributed by atoms with Crippen LogP contribution in [0.5, 0.6) is 5.88 Å². The number of H-pyrrole nitrogens is 1. The highest BCUT2D eigenvalue weighted by atomic mass is 16.5. The van der Waals surface area contributed by atoms with Gasteiger partial charge in [-0.3, -0.25) is 19.5 Å². The summed E-state index contributed by atoms with van der Waals surface area (Å²) in [5, 5.41) is 2.58.